The van der Waals surface area contributed by atoms with Crippen LogP contribution in [0.5, 0.6) is 0 Å². The van der Waals surface area contributed by atoms with Gasteiger partial charge in [0.2, 0.25) is 0 Å². The summed E-state index contributed by atoms with van der Waals surface area (Å²) < 4.78 is 1.10. The number of hydrogen-bond acceptors (Lipinski definition) is 1. The first-order chi connectivity index (χ1) is 15.9. The minimum atomic E-state index is 0.0901. The van der Waals surface area contributed by atoms with Crippen LogP contribution in [0, 0.1) is 6.92 Å². The Morgan fingerprint density at radius 3 is 1.71 bits per heavy atom. The predicted octanol–water partition coefficient (Wildman–Crippen LogP) is 9.75. The van der Waals surface area contributed by atoms with Gasteiger partial charge in [0.25, 0.3) is 0 Å². The van der Waals surface area contributed by atoms with Gasteiger partial charge in [0.15, 0.2) is 0 Å². The van der Waals surface area contributed by atoms with Crippen molar-refractivity contribution in [1.82, 2.24) is 4.98 Å². The third-order valence-electron chi connectivity index (χ3n) is 6.45. The van der Waals surface area contributed by atoms with Crippen molar-refractivity contribution in [2.24, 2.45) is 0 Å². The van der Waals surface area contributed by atoms with Crippen molar-refractivity contribution in [1.29, 1.82) is 0 Å². The molecule has 2 heteroatoms. The van der Waals surface area contributed by atoms with Gasteiger partial charge < -0.3 is 0 Å². The fraction of sp³-hybridized carbons (Fsp3) is 0.281. The molecule has 0 unspecified atom stereocenters. The smallest absolute Gasteiger partial charge is 0.0705 e. The summed E-state index contributed by atoms with van der Waals surface area (Å²) in [5.74, 6) is 0. The molecule has 1 nitrogen and oxygen atoms in total. The minimum absolute atomic E-state index is 0.0901. The molecular formula is C32H34BrN. The second-order valence-electron chi connectivity index (χ2n) is 11.2. The van der Waals surface area contributed by atoms with Gasteiger partial charge in [-0.25, -0.2) is 0 Å². The van der Waals surface area contributed by atoms with Crippen molar-refractivity contribution in [3.63, 3.8) is 0 Å². The molecule has 0 saturated carbocycles. The molecule has 0 aliphatic heterocycles. The van der Waals surface area contributed by atoms with Gasteiger partial charge in [-0.05, 0) is 63.3 Å². The number of benzene rings is 3. The second kappa shape index (κ2) is 9.15. The second-order valence-corrected chi connectivity index (χ2v) is 12.1. The van der Waals surface area contributed by atoms with Gasteiger partial charge >= 0.3 is 0 Å². The van der Waals surface area contributed by atoms with Gasteiger partial charge in [0.1, 0.15) is 0 Å². The first kappa shape index (κ1) is 24.4. The number of hydrogen-bond donors (Lipinski definition) is 0. The molecule has 4 rings (SSSR count). The van der Waals surface area contributed by atoms with Gasteiger partial charge in [-0.15, -0.1) is 0 Å². The van der Waals surface area contributed by atoms with E-state index in [1.807, 2.05) is 12.3 Å². The Kier molecular flexibility index (Phi) is 6.57. The zero-order chi connectivity index (χ0) is 24.7. The summed E-state index contributed by atoms with van der Waals surface area (Å²) in [5, 5.41) is 0. The van der Waals surface area contributed by atoms with E-state index >= 15 is 0 Å². The Hall–Kier alpha value is -2.71. The van der Waals surface area contributed by atoms with Crippen molar-refractivity contribution in [2.75, 3.05) is 0 Å². The molecule has 1 heterocycles. The van der Waals surface area contributed by atoms with E-state index in [4.69, 9.17) is 4.98 Å². The lowest BCUT2D eigenvalue weighted by atomic mass is 9.78. The molecule has 3 aromatic carbocycles. The number of pyridine rings is 1. The molecule has 0 atom stereocenters. The van der Waals surface area contributed by atoms with Crippen molar-refractivity contribution in [2.45, 2.75) is 59.3 Å². The molecule has 174 valence electrons. The normalized spacial score (nSPS) is 12.1. The summed E-state index contributed by atoms with van der Waals surface area (Å²) in [5.41, 5.74) is 11.1. The molecule has 34 heavy (non-hydrogen) atoms. The van der Waals surface area contributed by atoms with E-state index in [0.29, 0.717) is 0 Å². The highest BCUT2D eigenvalue weighted by atomic mass is 79.9. The first-order valence-corrected chi connectivity index (χ1v) is 12.7. The van der Waals surface area contributed by atoms with Crippen molar-refractivity contribution < 1.29 is 0 Å². The number of aryl methyl sites for hydroxylation is 1. The standard InChI is InChI=1S/C32H34BrN/c1-21-16-30(23-14-12-22(13-15-23)27-10-8-9-11-29(27)33)34-20-28(21)24-17-25(31(2,3)4)19-26(18-24)32(5,6)7/h8-20H,1-7H3. The quantitative estimate of drug-likeness (QED) is 0.266. The molecule has 0 bridgehead atoms. The maximum atomic E-state index is 4.88. The van der Waals surface area contributed by atoms with Crippen LogP contribution in [0.2, 0.25) is 0 Å². The maximum absolute atomic E-state index is 4.88. The Bertz CT molecular complexity index is 1290. The molecule has 0 amide bonds. The zero-order valence-electron chi connectivity index (χ0n) is 21.3. The fourth-order valence-corrected chi connectivity index (χ4v) is 4.69. The number of rotatable bonds is 3. The third kappa shape index (κ3) is 5.18. The van der Waals surface area contributed by atoms with Crippen LogP contribution in [0.1, 0.15) is 58.2 Å². The van der Waals surface area contributed by atoms with Crippen LogP contribution in [-0.4, -0.2) is 4.98 Å². The molecule has 0 fully saturated rings. The highest BCUT2D eigenvalue weighted by Gasteiger charge is 2.21. The molecule has 0 saturated heterocycles. The summed E-state index contributed by atoms with van der Waals surface area (Å²) in [4.78, 5) is 4.88. The van der Waals surface area contributed by atoms with E-state index in [9.17, 15) is 0 Å². The van der Waals surface area contributed by atoms with Crippen molar-refractivity contribution in [3.05, 3.63) is 100 Å². The van der Waals surface area contributed by atoms with Crippen LogP contribution in [0.3, 0.4) is 0 Å². The minimum Gasteiger partial charge on any atom is -0.256 e. The summed E-state index contributed by atoms with van der Waals surface area (Å²) in [7, 11) is 0. The monoisotopic (exact) mass is 511 g/mol. The molecule has 0 spiro atoms. The van der Waals surface area contributed by atoms with Crippen LogP contribution in [0.25, 0.3) is 33.5 Å². The Balaban J connectivity index is 1.71. The topological polar surface area (TPSA) is 12.9 Å². The average Bonchev–Trinajstić information content (AvgIpc) is 2.78. The summed E-state index contributed by atoms with van der Waals surface area (Å²) in [6.45, 7) is 15.9. The van der Waals surface area contributed by atoms with E-state index in [2.05, 4.69) is 131 Å². The fourth-order valence-electron chi connectivity index (χ4n) is 4.18. The molecule has 0 aliphatic carbocycles. The first-order valence-electron chi connectivity index (χ1n) is 11.9. The number of aromatic nitrogens is 1. The maximum Gasteiger partial charge on any atom is 0.0705 e. The van der Waals surface area contributed by atoms with Crippen LogP contribution in [0.4, 0.5) is 0 Å². The van der Waals surface area contributed by atoms with Crippen LogP contribution < -0.4 is 0 Å². The van der Waals surface area contributed by atoms with Gasteiger partial charge in [-0.2, -0.15) is 0 Å². The predicted molar refractivity (Wildman–Crippen MR) is 150 cm³/mol. The molecule has 0 N–H and O–H groups in total. The molecule has 1 aromatic heterocycles. The van der Waals surface area contributed by atoms with Gasteiger partial charge in [-0.1, -0.05) is 118 Å². The number of nitrogens with zero attached hydrogens (tertiary/aromatic N) is 1. The van der Waals surface area contributed by atoms with Crippen molar-refractivity contribution >= 4 is 15.9 Å². The SMILES string of the molecule is Cc1cc(-c2ccc(-c3ccccc3Br)cc2)ncc1-c1cc(C(C)(C)C)cc(C(C)(C)C)c1. The van der Waals surface area contributed by atoms with Gasteiger partial charge in [0.05, 0.1) is 5.69 Å². The summed E-state index contributed by atoms with van der Waals surface area (Å²) in [6, 6.07) is 26.2. The van der Waals surface area contributed by atoms with Crippen LogP contribution in [0.15, 0.2) is 83.5 Å². The van der Waals surface area contributed by atoms with E-state index in [0.717, 1.165) is 15.7 Å². The Morgan fingerprint density at radius 2 is 1.18 bits per heavy atom. The summed E-state index contributed by atoms with van der Waals surface area (Å²) in [6.07, 6.45) is 2.04. The van der Waals surface area contributed by atoms with Crippen molar-refractivity contribution in [3.8, 4) is 33.5 Å². The van der Waals surface area contributed by atoms with Gasteiger partial charge in [0, 0.05) is 21.8 Å². The Labute approximate surface area is 213 Å². The highest BCUT2D eigenvalue weighted by molar-refractivity contribution is 9.10. The molecule has 4 aromatic rings. The summed E-state index contributed by atoms with van der Waals surface area (Å²) >= 11 is 3.66. The molecule has 0 radical (unpaired) electrons. The lowest BCUT2D eigenvalue weighted by Gasteiger charge is -2.26. The van der Waals surface area contributed by atoms with Crippen LogP contribution in [-0.2, 0) is 10.8 Å². The van der Waals surface area contributed by atoms with Gasteiger partial charge in [-0.3, -0.25) is 4.98 Å². The van der Waals surface area contributed by atoms with E-state index in [1.165, 1.54) is 38.9 Å². The third-order valence-corrected chi connectivity index (χ3v) is 7.14. The van der Waals surface area contributed by atoms with E-state index in [1.54, 1.807) is 0 Å². The lowest BCUT2D eigenvalue weighted by Crippen LogP contribution is -2.16. The van der Waals surface area contributed by atoms with Crippen LogP contribution >= 0.6 is 15.9 Å². The molecule has 0 aliphatic rings. The van der Waals surface area contributed by atoms with E-state index in [-0.39, 0.29) is 10.8 Å². The Morgan fingerprint density at radius 1 is 0.618 bits per heavy atom. The molecular weight excluding hydrogens is 478 g/mol. The lowest BCUT2D eigenvalue weighted by molar-refractivity contribution is 0.569. The zero-order valence-corrected chi connectivity index (χ0v) is 22.9. The largest absolute Gasteiger partial charge is 0.256 e. The van der Waals surface area contributed by atoms with E-state index < -0.39 is 0 Å². The average molecular weight is 513 g/mol. The highest BCUT2D eigenvalue weighted by Crippen LogP contribution is 2.36. The number of halogens is 1.